The van der Waals surface area contributed by atoms with E-state index < -0.39 is 0 Å². The highest BCUT2D eigenvalue weighted by Gasteiger charge is 2.32. The van der Waals surface area contributed by atoms with Crippen molar-refractivity contribution in [3.63, 3.8) is 0 Å². The van der Waals surface area contributed by atoms with Crippen LogP contribution in [0, 0.1) is 13.8 Å². The van der Waals surface area contributed by atoms with Crippen LogP contribution in [-0.2, 0) is 0 Å². The first kappa shape index (κ1) is 44.5. The molecule has 0 radical (unpaired) electrons. The van der Waals surface area contributed by atoms with Gasteiger partial charge in [0.15, 0.2) is 0 Å². The maximum Gasteiger partial charge on any atom is 0.225 e. The number of oxazole rings is 2. The summed E-state index contributed by atoms with van der Waals surface area (Å²) in [4.78, 5) is 23.5. The van der Waals surface area contributed by atoms with E-state index in [0.717, 1.165) is 133 Å². The van der Waals surface area contributed by atoms with Gasteiger partial charge in [-0.25, -0.2) is 15.0 Å². The Labute approximate surface area is 442 Å². The predicted octanol–water partition coefficient (Wildman–Crippen LogP) is 17.0. The number of aromatic nitrogens is 7. The maximum atomic E-state index is 7.37. The van der Waals surface area contributed by atoms with E-state index in [-0.39, 0.29) is 12.0 Å². The first-order valence-electron chi connectivity index (χ1n) is 26.0. The second-order valence-corrected chi connectivity index (χ2v) is 20.3. The number of aryl methyl sites for hydroxylation is 1. The molecule has 7 heterocycles. The van der Waals surface area contributed by atoms with Crippen molar-refractivity contribution in [3.8, 4) is 84.5 Å². The molecule has 0 saturated carbocycles. The summed E-state index contributed by atoms with van der Waals surface area (Å²) in [6, 6.07) is 54.8. The van der Waals surface area contributed by atoms with Crippen LogP contribution >= 0.6 is 0 Å². The third-order valence-electron chi connectivity index (χ3n) is 15.6. The van der Waals surface area contributed by atoms with E-state index in [1.54, 1.807) is 24.9 Å². The van der Waals surface area contributed by atoms with E-state index in [1.165, 1.54) is 11.1 Å². The van der Waals surface area contributed by atoms with Crippen LogP contribution in [0.15, 0.2) is 215 Å². The van der Waals surface area contributed by atoms with E-state index in [2.05, 4.69) is 196 Å². The molecule has 7 aromatic carbocycles. The Kier molecular flexibility index (Phi) is 10.0. The zero-order valence-corrected chi connectivity index (χ0v) is 42.6. The minimum absolute atomic E-state index is 0.129. The molecule has 0 amide bonds. The topological polar surface area (TPSA) is 114 Å². The van der Waals surface area contributed by atoms with Crippen LogP contribution in [0.3, 0.4) is 0 Å². The molecule has 0 bridgehead atoms. The number of fused-ring (bicyclic) bond motifs is 9. The van der Waals surface area contributed by atoms with Gasteiger partial charge in [-0.1, -0.05) is 60.7 Å². The van der Waals surface area contributed by atoms with Crippen molar-refractivity contribution in [2.75, 3.05) is 0 Å². The standard InChI is InChI=1S/C67H47N7O3/c1-38(2)73-40(4)39(3)72-65(73)44-12-9-15-49(30-44)74-60-17-6-5-16-52(60)55-31-41(18-19-61(55)74)47-32-53(42-10-7-13-45(28-42)66-70-24-26-75-66)63-56(33-47)57-35-48(62-58-36-68-22-20-50(58)51-21-23-69-37-59(51)62)34-54(64(57)77-63)43-11-8-14-46(29-43)67-71-25-27-76-67/h5-38,62H,1-4H3. The number of para-hydroxylation sites is 1. The second-order valence-electron chi connectivity index (χ2n) is 20.3. The molecule has 10 nitrogen and oxygen atoms in total. The third kappa shape index (κ3) is 7.05. The summed E-state index contributed by atoms with van der Waals surface area (Å²) in [5.74, 6) is 1.95. The van der Waals surface area contributed by atoms with Crippen LogP contribution in [0.4, 0.5) is 0 Å². The van der Waals surface area contributed by atoms with Gasteiger partial charge in [0.2, 0.25) is 11.8 Å². The Morgan fingerprint density at radius 1 is 0.481 bits per heavy atom. The fourth-order valence-corrected chi connectivity index (χ4v) is 12.1. The molecule has 0 atom stereocenters. The van der Waals surface area contributed by atoms with Gasteiger partial charge in [0.05, 0.1) is 29.1 Å². The first-order valence-corrected chi connectivity index (χ1v) is 26.0. The van der Waals surface area contributed by atoms with E-state index in [1.807, 2.05) is 36.9 Å². The average molecular weight is 998 g/mol. The lowest BCUT2D eigenvalue weighted by atomic mass is 9.87. The molecule has 1 aliphatic rings. The van der Waals surface area contributed by atoms with Gasteiger partial charge in [-0.05, 0) is 169 Å². The molecule has 1 aliphatic carbocycles. The van der Waals surface area contributed by atoms with Gasteiger partial charge in [0.1, 0.15) is 29.5 Å². The molecule has 0 fully saturated rings. The lowest BCUT2D eigenvalue weighted by molar-refractivity contribution is 0.574. The number of benzene rings is 7. The summed E-state index contributed by atoms with van der Waals surface area (Å²) in [7, 11) is 0. The molecule has 0 spiro atoms. The highest BCUT2D eigenvalue weighted by molar-refractivity contribution is 6.16. The van der Waals surface area contributed by atoms with Crippen LogP contribution in [0.2, 0.25) is 0 Å². The van der Waals surface area contributed by atoms with E-state index >= 15 is 0 Å². The molecule has 368 valence electrons. The van der Waals surface area contributed by atoms with E-state index in [0.29, 0.717) is 11.8 Å². The number of pyridine rings is 2. The highest BCUT2D eigenvalue weighted by Crippen LogP contribution is 2.51. The summed E-state index contributed by atoms with van der Waals surface area (Å²) in [5.41, 5.74) is 21.6. The van der Waals surface area contributed by atoms with Gasteiger partial charge in [-0.15, -0.1) is 0 Å². The molecule has 0 saturated heterocycles. The molecular weight excluding hydrogens is 951 g/mol. The van der Waals surface area contributed by atoms with Crippen LogP contribution in [0.5, 0.6) is 0 Å². The molecule has 7 aromatic heterocycles. The number of furan rings is 1. The number of rotatable bonds is 9. The van der Waals surface area contributed by atoms with Crippen LogP contribution in [-0.4, -0.2) is 34.1 Å². The molecule has 10 heteroatoms. The minimum atomic E-state index is -0.129. The van der Waals surface area contributed by atoms with Crippen molar-refractivity contribution < 1.29 is 13.3 Å². The highest BCUT2D eigenvalue weighted by atomic mass is 16.3. The Morgan fingerprint density at radius 2 is 1.09 bits per heavy atom. The second kappa shape index (κ2) is 17.3. The minimum Gasteiger partial charge on any atom is -0.455 e. The van der Waals surface area contributed by atoms with Gasteiger partial charge >= 0.3 is 0 Å². The van der Waals surface area contributed by atoms with Crippen LogP contribution in [0.25, 0.3) is 128 Å². The monoisotopic (exact) mass is 997 g/mol. The van der Waals surface area contributed by atoms with Crippen molar-refractivity contribution >= 4 is 43.7 Å². The predicted molar refractivity (Wildman–Crippen MR) is 305 cm³/mol. The Bertz CT molecular complexity index is 4610. The van der Waals surface area contributed by atoms with E-state index in [9.17, 15) is 0 Å². The lowest BCUT2D eigenvalue weighted by Gasteiger charge is -2.16. The lowest BCUT2D eigenvalue weighted by Crippen LogP contribution is -2.05. The largest absolute Gasteiger partial charge is 0.455 e. The smallest absolute Gasteiger partial charge is 0.225 e. The van der Waals surface area contributed by atoms with E-state index in [4.69, 9.17) is 18.2 Å². The third-order valence-corrected chi connectivity index (χ3v) is 15.6. The summed E-state index contributed by atoms with van der Waals surface area (Å²) < 4.78 is 23.8. The van der Waals surface area contributed by atoms with Gasteiger partial charge in [0, 0.05) is 97.5 Å². The van der Waals surface area contributed by atoms with Crippen molar-refractivity contribution in [3.05, 3.63) is 229 Å². The average Bonchev–Trinajstić information content (AvgIpc) is 4.52. The SMILES string of the molecule is Cc1nc(-c2cccc(-n3c4ccccc4c4cc(-c5cc(-c6cccc(-c7ncco7)c6)c6oc7c(-c8cccc(-c9ncco9)c8)cc(C8c9cnccc9-c9ccncc98)cc7c6c5)ccc43)c2)n(C(C)C)c1C. The quantitative estimate of drug-likeness (QED) is 0.140. The summed E-state index contributed by atoms with van der Waals surface area (Å²) in [6.45, 7) is 8.69. The zero-order valence-electron chi connectivity index (χ0n) is 42.6. The zero-order chi connectivity index (χ0) is 51.5. The van der Waals surface area contributed by atoms with Crippen molar-refractivity contribution in [1.29, 1.82) is 0 Å². The van der Waals surface area contributed by atoms with Gasteiger partial charge in [0.25, 0.3) is 0 Å². The molecular formula is C67H47N7O3. The normalized spacial score (nSPS) is 12.5. The summed E-state index contributed by atoms with van der Waals surface area (Å²) in [5, 5.41) is 4.30. The number of hydrogen-bond donors (Lipinski definition) is 0. The maximum absolute atomic E-state index is 7.37. The molecule has 14 aromatic rings. The fraction of sp³-hybridized carbons (Fsp3) is 0.0896. The molecule has 77 heavy (non-hydrogen) atoms. The molecule has 15 rings (SSSR count). The molecule has 0 aliphatic heterocycles. The van der Waals surface area contributed by atoms with Crippen molar-refractivity contribution in [1.82, 2.24) is 34.1 Å². The number of hydrogen-bond acceptors (Lipinski definition) is 8. The van der Waals surface area contributed by atoms with Crippen LogP contribution in [0.1, 0.15) is 53.9 Å². The summed E-state index contributed by atoms with van der Waals surface area (Å²) in [6.07, 6.45) is 14.3. The molecule has 0 N–H and O–H groups in total. The number of nitrogens with zero attached hydrogens (tertiary/aromatic N) is 7. The van der Waals surface area contributed by atoms with Gasteiger partial charge in [-0.2, -0.15) is 0 Å². The summed E-state index contributed by atoms with van der Waals surface area (Å²) >= 11 is 0. The molecule has 0 unspecified atom stereocenters. The fourth-order valence-electron chi connectivity index (χ4n) is 12.1. The Morgan fingerprint density at radius 3 is 1.77 bits per heavy atom. The Hall–Kier alpha value is -9.93. The van der Waals surface area contributed by atoms with Crippen LogP contribution < -0.4 is 0 Å². The van der Waals surface area contributed by atoms with Gasteiger partial charge in [-0.3, -0.25) is 9.97 Å². The van der Waals surface area contributed by atoms with Gasteiger partial charge < -0.3 is 22.4 Å². The number of imidazole rings is 1. The Balaban J connectivity index is 0.976. The van der Waals surface area contributed by atoms with Crippen molar-refractivity contribution in [2.45, 2.75) is 39.7 Å². The first-order chi connectivity index (χ1) is 37.8. The van der Waals surface area contributed by atoms with Crippen molar-refractivity contribution in [2.24, 2.45) is 0 Å².